The predicted octanol–water partition coefficient (Wildman–Crippen LogP) is 4.03. The summed E-state index contributed by atoms with van der Waals surface area (Å²) in [6.45, 7) is 2.01. The summed E-state index contributed by atoms with van der Waals surface area (Å²) in [6.07, 6.45) is 2.95. The van der Waals surface area contributed by atoms with Gasteiger partial charge in [-0.25, -0.2) is 8.42 Å². The molecule has 11 heteroatoms. The minimum absolute atomic E-state index is 0.0538. The van der Waals surface area contributed by atoms with Gasteiger partial charge in [-0.3, -0.25) is 13.9 Å². The molecule has 0 aromatic heterocycles. The van der Waals surface area contributed by atoms with E-state index < -0.39 is 28.5 Å². The molecule has 0 spiro atoms. The minimum Gasteiger partial charge on any atom is -0.497 e. The van der Waals surface area contributed by atoms with E-state index in [1.54, 1.807) is 37.4 Å². The zero-order chi connectivity index (χ0) is 31.4. The monoisotopic (exact) mass is 611 g/mol. The second kappa shape index (κ2) is 15.8. The number of methoxy groups -OCH3 is 3. The van der Waals surface area contributed by atoms with Crippen molar-refractivity contribution in [3.8, 4) is 17.2 Å². The van der Waals surface area contributed by atoms with Crippen molar-refractivity contribution in [1.82, 2.24) is 10.2 Å². The van der Waals surface area contributed by atoms with Gasteiger partial charge in [0.2, 0.25) is 21.8 Å². The van der Waals surface area contributed by atoms with Crippen molar-refractivity contribution in [3.05, 3.63) is 83.9 Å². The van der Waals surface area contributed by atoms with Gasteiger partial charge in [0.1, 0.15) is 18.3 Å². The lowest BCUT2D eigenvalue weighted by molar-refractivity contribution is -0.140. The summed E-state index contributed by atoms with van der Waals surface area (Å²) in [5.74, 6) is 0.462. The number of sulfonamides is 1. The number of carbonyl (C=O) groups is 2. The largest absolute Gasteiger partial charge is 0.497 e. The first-order valence-corrected chi connectivity index (χ1v) is 15.9. The van der Waals surface area contributed by atoms with Gasteiger partial charge < -0.3 is 24.4 Å². The van der Waals surface area contributed by atoms with Crippen LogP contribution in [0.15, 0.2) is 72.8 Å². The third-order valence-electron chi connectivity index (χ3n) is 6.92. The molecule has 43 heavy (non-hydrogen) atoms. The number of anilines is 1. The molecule has 10 nitrogen and oxygen atoms in total. The molecule has 3 rings (SSSR count). The average Bonchev–Trinajstić information content (AvgIpc) is 3.01. The molecule has 0 aliphatic carbocycles. The van der Waals surface area contributed by atoms with E-state index in [1.807, 2.05) is 43.3 Å². The Hall–Kier alpha value is -4.25. The molecule has 0 aliphatic rings. The number of nitrogens with zero attached hydrogens (tertiary/aromatic N) is 2. The van der Waals surface area contributed by atoms with Crippen molar-refractivity contribution in [2.45, 2.75) is 38.8 Å². The molecule has 0 saturated carbocycles. The normalized spacial score (nSPS) is 11.7. The summed E-state index contributed by atoms with van der Waals surface area (Å²) >= 11 is 0. The number of carbonyl (C=O) groups excluding carboxylic acids is 2. The Kier molecular flexibility index (Phi) is 12.2. The van der Waals surface area contributed by atoms with Gasteiger partial charge >= 0.3 is 0 Å². The quantitative estimate of drug-likeness (QED) is 0.243. The maximum absolute atomic E-state index is 14.2. The van der Waals surface area contributed by atoms with Gasteiger partial charge in [-0.2, -0.15) is 0 Å². The summed E-state index contributed by atoms with van der Waals surface area (Å²) in [4.78, 5) is 29.4. The van der Waals surface area contributed by atoms with Crippen molar-refractivity contribution in [2.24, 2.45) is 0 Å². The Morgan fingerprint density at radius 3 is 2.19 bits per heavy atom. The maximum Gasteiger partial charge on any atom is 0.244 e. The zero-order valence-electron chi connectivity index (χ0n) is 25.4. The van der Waals surface area contributed by atoms with Gasteiger partial charge in [0.25, 0.3) is 0 Å². The molecule has 0 heterocycles. The van der Waals surface area contributed by atoms with Gasteiger partial charge in [-0.1, -0.05) is 55.8 Å². The van der Waals surface area contributed by atoms with Crippen LogP contribution in [0.2, 0.25) is 0 Å². The fourth-order valence-corrected chi connectivity index (χ4v) is 5.46. The van der Waals surface area contributed by atoms with Crippen LogP contribution in [0.1, 0.15) is 30.9 Å². The fourth-order valence-electron chi connectivity index (χ4n) is 4.62. The van der Waals surface area contributed by atoms with Crippen molar-refractivity contribution in [2.75, 3.05) is 45.0 Å². The van der Waals surface area contributed by atoms with E-state index in [2.05, 4.69) is 5.32 Å². The van der Waals surface area contributed by atoms with Crippen molar-refractivity contribution < 1.29 is 32.2 Å². The fraction of sp³-hybridized carbons (Fsp3) is 0.375. The summed E-state index contributed by atoms with van der Waals surface area (Å²) in [5, 5.41) is 2.97. The van der Waals surface area contributed by atoms with Gasteiger partial charge in [-0.15, -0.1) is 0 Å². The molecule has 0 fully saturated rings. The number of benzene rings is 3. The molecular formula is C32H41N3O7S. The van der Waals surface area contributed by atoms with Gasteiger partial charge in [0, 0.05) is 25.6 Å². The van der Waals surface area contributed by atoms with E-state index in [0.717, 1.165) is 34.5 Å². The molecule has 1 N–H and O–H groups in total. The molecule has 0 saturated heterocycles. The number of unbranched alkanes of at least 4 members (excludes halogenated alkanes) is 1. The Labute approximate surface area is 254 Å². The molecule has 0 bridgehead atoms. The third kappa shape index (κ3) is 9.37. The Balaban J connectivity index is 2.07. The van der Waals surface area contributed by atoms with Crippen LogP contribution in [0, 0.1) is 0 Å². The zero-order valence-corrected chi connectivity index (χ0v) is 26.2. The van der Waals surface area contributed by atoms with Crippen molar-refractivity contribution >= 4 is 27.5 Å². The minimum atomic E-state index is -3.93. The lowest BCUT2D eigenvalue weighted by Gasteiger charge is -2.33. The van der Waals surface area contributed by atoms with E-state index in [-0.39, 0.29) is 24.6 Å². The summed E-state index contributed by atoms with van der Waals surface area (Å²) in [5.41, 5.74) is 1.81. The topological polar surface area (TPSA) is 114 Å². The molecule has 0 aliphatic heterocycles. The molecule has 3 aromatic rings. The SMILES string of the molecule is CCCCNC(=O)C(Cc1ccccc1)N(Cc1cccc(OC)c1)C(=O)CN(c1ccc(OC)c(OC)c1)S(C)(=O)=O. The molecule has 0 radical (unpaired) electrons. The second-order valence-electron chi connectivity index (χ2n) is 10.0. The molecule has 1 unspecified atom stereocenters. The third-order valence-corrected chi connectivity index (χ3v) is 8.06. The number of nitrogens with one attached hydrogen (secondary N) is 1. The standard InChI is InChI=1S/C32H41N3O7S/c1-6-7-18-33-32(37)28(20-24-12-9-8-10-13-24)34(22-25-14-11-15-27(19-25)40-2)31(36)23-35(43(5,38)39)26-16-17-29(41-3)30(21-26)42-4/h8-17,19,21,28H,6-7,18,20,22-23H2,1-5H3,(H,33,37). The van der Waals surface area contributed by atoms with Crippen LogP contribution in [-0.2, 0) is 32.6 Å². The first-order chi connectivity index (χ1) is 20.6. The summed E-state index contributed by atoms with van der Waals surface area (Å²) in [7, 11) is 0.542. The van der Waals surface area contributed by atoms with E-state index in [0.29, 0.717) is 23.8 Å². The van der Waals surface area contributed by atoms with Crippen molar-refractivity contribution in [1.29, 1.82) is 0 Å². The van der Waals surface area contributed by atoms with Crippen LogP contribution in [0.25, 0.3) is 0 Å². The van der Waals surface area contributed by atoms with Crippen LogP contribution in [0.5, 0.6) is 17.2 Å². The molecule has 2 amide bonds. The number of rotatable bonds is 16. The number of hydrogen-bond acceptors (Lipinski definition) is 7. The Bertz CT molecular complexity index is 1460. The van der Waals surface area contributed by atoms with E-state index in [4.69, 9.17) is 14.2 Å². The average molecular weight is 612 g/mol. The van der Waals surface area contributed by atoms with Crippen LogP contribution in [0.4, 0.5) is 5.69 Å². The highest BCUT2D eigenvalue weighted by Crippen LogP contribution is 2.32. The van der Waals surface area contributed by atoms with Crippen LogP contribution < -0.4 is 23.8 Å². The Morgan fingerprint density at radius 2 is 1.56 bits per heavy atom. The summed E-state index contributed by atoms with van der Waals surface area (Å²) < 4.78 is 43.1. The number of ether oxygens (including phenoxy) is 3. The molecule has 232 valence electrons. The maximum atomic E-state index is 14.2. The predicted molar refractivity (Wildman–Crippen MR) is 167 cm³/mol. The van der Waals surface area contributed by atoms with E-state index >= 15 is 0 Å². The van der Waals surface area contributed by atoms with Crippen LogP contribution >= 0.6 is 0 Å². The molecule has 3 aromatic carbocycles. The first kappa shape index (κ1) is 33.3. The van der Waals surface area contributed by atoms with Gasteiger partial charge in [0.05, 0.1) is 33.3 Å². The smallest absolute Gasteiger partial charge is 0.244 e. The van der Waals surface area contributed by atoms with Crippen LogP contribution in [-0.4, -0.2) is 71.8 Å². The van der Waals surface area contributed by atoms with Crippen molar-refractivity contribution in [3.63, 3.8) is 0 Å². The number of amides is 2. The van der Waals surface area contributed by atoms with E-state index in [1.165, 1.54) is 25.2 Å². The molecular weight excluding hydrogens is 570 g/mol. The lowest BCUT2D eigenvalue weighted by Crippen LogP contribution is -2.53. The lowest BCUT2D eigenvalue weighted by atomic mass is 10.0. The Morgan fingerprint density at radius 1 is 0.860 bits per heavy atom. The first-order valence-electron chi connectivity index (χ1n) is 14.0. The highest BCUT2D eigenvalue weighted by molar-refractivity contribution is 7.92. The second-order valence-corrected chi connectivity index (χ2v) is 11.9. The van der Waals surface area contributed by atoms with E-state index in [9.17, 15) is 18.0 Å². The highest BCUT2D eigenvalue weighted by Gasteiger charge is 2.33. The summed E-state index contributed by atoms with van der Waals surface area (Å²) in [6, 6.07) is 20.3. The number of hydrogen-bond donors (Lipinski definition) is 1. The molecule has 1 atom stereocenters. The van der Waals surface area contributed by atoms with Crippen LogP contribution in [0.3, 0.4) is 0 Å². The van der Waals surface area contributed by atoms with Gasteiger partial charge in [-0.05, 0) is 41.8 Å². The highest BCUT2D eigenvalue weighted by atomic mass is 32.2. The van der Waals surface area contributed by atoms with Gasteiger partial charge in [0.15, 0.2) is 11.5 Å².